The lowest BCUT2D eigenvalue weighted by Crippen LogP contribution is -2.18. The molecule has 1 heterocycles. The highest BCUT2D eigenvalue weighted by Crippen LogP contribution is 2.21. The average molecular weight is 312 g/mol. The quantitative estimate of drug-likeness (QED) is 0.887. The zero-order valence-corrected chi connectivity index (χ0v) is 13.1. The van der Waals surface area contributed by atoms with Gasteiger partial charge in [0.15, 0.2) is 0 Å². The van der Waals surface area contributed by atoms with Crippen molar-refractivity contribution in [1.29, 1.82) is 0 Å². The fourth-order valence-electron chi connectivity index (χ4n) is 2.68. The molecule has 0 saturated heterocycles. The summed E-state index contributed by atoms with van der Waals surface area (Å²) in [6.07, 6.45) is 7.89. The number of rotatable bonds is 5. The Morgan fingerprint density at radius 3 is 2.65 bits per heavy atom. The van der Waals surface area contributed by atoms with Crippen LogP contribution in [0.25, 0.3) is 0 Å². The van der Waals surface area contributed by atoms with E-state index >= 15 is 0 Å². The zero-order chi connectivity index (χ0) is 16.1. The Labute approximate surface area is 135 Å². The fraction of sp³-hybridized carbons (Fsp3) is 0.353. The molecule has 0 unspecified atom stereocenters. The molecular formula is C17H20N4O2. The average Bonchev–Trinajstić information content (AvgIpc) is 3.08. The summed E-state index contributed by atoms with van der Waals surface area (Å²) in [5.74, 6) is 1.02. The van der Waals surface area contributed by atoms with Crippen LogP contribution >= 0.6 is 0 Å². The maximum atomic E-state index is 12.2. The van der Waals surface area contributed by atoms with Crippen LogP contribution in [0.4, 0.5) is 11.6 Å². The van der Waals surface area contributed by atoms with Crippen LogP contribution in [0.1, 0.15) is 36.0 Å². The van der Waals surface area contributed by atoms with E-state index in [-0.39, 0.29) is 5.91 Å². The number of benzene rings is 1. The molecular weight excluding hydrogens is 292 g/mol. The normalized spacial score (nSPS) is 14.5. The van der Waals surface area contributed by atoms with E-state index in [0.717, 1.165) is 12.8 Å². The van der Waals surface area contributed by atoms with Crippen LogP contribution in [0.3, 0.4) is 0 Å². The van der Waals surface area contributed by atoms with Gasteiger partial charge in [0.2, 0.25) is 5.95 Å². The molecule has 1 amide bonds. The molecule has 6 heteroatoms. The highest BCUT2D eigenvalue weighted by atomic mass is 16.5. The molecule has 1 saturated carbocycles. The molecule has 0 atom stereocenters. The second kappa shape index (κ2) is 7.09. The summed E-state index contributed by atoms with van der Waals surface area (Å²) in [6, 6.07) is 7.65. The number of aromatic nitrogens is 2. The number of methoxy groups -OCH3 is 1. The molecule has 0 bridgehead atoms. The molecule has 23 heavy (non-hydrogen) atoms. The predicted octanol–water partition coefficient (Wildman–Crippen LogP) is 3.09. The number of hydrogen-bond acceptors (Lipinski definition) is 5. The summed E-state index contributed by atoms with van der Waals surface area (Å²) >= 11 is 0. The van der Waals surface area contributed by atoms with Gasteiger partial charge in [-0.2, -0.15) is 0 Å². The van der Waals surface area contributed by atoms with Crippen LogP contribution in [-0.2, 0) is 0 Å². The molecule has 1 aliphatic rings. The lowest BCUT2D eigenvalue weighted by molar-refractivity contribution is 0.102. The highest BCUT2D eigenvalue weighted by Gasteiger charge is 2.16. The van der Waals surface area contributed by atoms with Gasteiger partial charge in [-0.1, -0.05) is 18.9 Å². The van der Waals surface area contributed by atoms with Gasteiger partial charge in [-0.05, 0) is 25.0 Å². The minimum atomic E-state index is -0.245. The van der Waals surface area contributed by atoms with Gasteiger partial charge in [-0.25, -0.2) is 9.97 Å². The summed E-state index contributed by atoms with van der Waals surface area (Å²) in [7, 11) is 1.59. The number of nitrogens with zero attached hydrogens (tertiary/aromatic N) is 2. The van der Waals surface area contributed by atoms with Gasteiger partial charge in [0.25, 0.3) is 5.91 Å². The third kappa shape index (κ3) is 3.97. The molecule has 3 rings (SSSR count). The van der Waals surface area contributed by atoms with Gasteiger partial charge < -0.3 is 15.4 Å². The minimum absolute atomic E-state index is 0.245. The molecule has 120 valence electrons. The lowest BCUT2D eigenvalue weighted by atomic mass is 10.2. The van der Waals surface area contributed by atoms with Crippen molar-refractivity contribution in [2.45, 2.75) is 31.7 Å². The molecule has 2 N–H and O–H groups in total. The fourth-order valence-corrected chi connectivity index (χ4v) is 2.68. The highest BCUT2D eigenvalue weighted by molar-refractivity contribution is 6.03. The van der Waals surface area contributed by atoms with E-state index in [1.807, 2.05) is 12.1 Å². The monoisotopic (exact) mass is 312 g/mol. The molecule has 1 aromatic heterocycles. The molecule has 1 aromatic carbocycles. The summed E-state index contributed by atoms with van der Waals surface area (Å²) in [4.78, 5) is 20.7. The summed E-state index contributed by atoms with van der Waals surface area (Å²) in [6.45, 7) is 0. The van der Waals surface area contributed by atoms with Crippen LogP contribution in [0, 0.1) is 0 Å². The number of nitrogens with one attached hydrogen (secondary N) is 2. The van der Waals surface area contributed by atoms with Crippen LogP contribution in [0.2, 0.25) is 0 Å². The van der Waals surface area contributed by atoms with Crippen LogP contribution < -0.4 is 15.4 Å². The third-order valence-electron chi connectivity index (χ3n) is 3.93. The maximum Gasteiger partial charge on any atom is 0.258 e. The first-order valence-corrected chi connectivity index (χ1v) is 7.78. The van der Waals surface area contributed by atoms with Crippen molar-refractivity contribution in [2.24, 2.45) is 0 Å². The molecule has 0 radical (unpaired) electrons. The van der Waals surface area contributed by atoms with Gasteiger partial charge in [0, 0.05) is 30.2 Å². The Balaban J connectivity index is 1.62. The van der Waals surface area contributed by atoms with Crippen molar-refractivity contribution in [3.8, 4) is 5.75 Å². The second-order valence-corrected chi connectivity index (χ2v) is 5.61. The van der Waals surface area contributed by atoms with Crippen molar-refractivity contribution < 1.29 is 9.53 Å². The van der Waals surface area contributed by atoms with Crippen molar-refractivity contribution in [1.82, 2.24) is 9.97 Å². The third-order valence-corrected chi connectivity index (χ3v) is 3.93. The first-order valence-electron chi connectivity index (χ1n) is 7.78. The van der Waals surface area contributed by atoms with E-state index in [4.69, 9.17) is 4.74 Å². The Hall–Kier alpha value is -2.63. The van der Waals surface area contributed by atoms with Crippen LogP contribution in [0.5, 0.6) is 5.75 Å². The number of hydrogen-bond donors (Lipinski definition) is 2. The summed E-state index contributed by atoms with van der Waals surface area (Å²) in [5.41, 5.74) is 1.09. The topological polar surface area (TPSA) is 76.1 Å². The number of carbonyl (C=O) groups is 1. The molecule has 0 spiro atoms. The van der Waals surface area contributed by atoms with E-state index in [0.29, 0.717) is 29.0 Å². The molecule has 1 fully saturated rings. The standard InChI is InChI=1S/C17H20N4O2/c1-23-15-8-4-7-14(9-15)20-16(22)12-10-18-17(19-11-12)21-13-5-2-3-6-13/h4,7-11,13H,2-3,5-6H2,1H3,(H,20,22)(H,18,19,21). The van der Waals surface area contributed by atoms with E-state index in [1.165, 1.54) is 12.8 Å². The smallest absolute Gasteiger partial charge is 0.258 e. The van der Waals surface area contributed by atoms with Gasteiger partial charge in [0.1, 0.15) is 5.75 Å². The number of carbonyl (C=O) groups excluding carboxylic acids is 1. The van der Waals surface area contributed by atoms with Crippen LogP contribution in [-0.4, -0.2) is 29.0 Å². The molecule has 1 aliphatic carbocycles. The van der Waals surface area contributed by atoms with E-state index in [1.54, 1.807) is 31.6 Å². The molecule has 6 nitrogen and oxygen atoms in total. The summed E-state index contributed by atoms with van der Waals surface area (Å²) < 4.78 is 5.14. The SMILES string of the molecule is COc1cccc(NC(=O)c2cnc(NC3CCCC3)nc2)c1. The van der Waals surface area contributed by atoms with Crippen molar-refractivity contribution in [3.63, 3.8) is 0 Å². The Morgan fingerprint density at radius 1 is 1.22 bits per heavy atom. The predicted molar refractivity (Wildman–Crippen MR) is 88.9 cm³/mol. The second-order valence-electron chi connectivity index (χ2n) is 5.61. The van der Waals surface area contributed by atoms with Gasteiger partial charge in [-0.15, -0.1) is 0 Å². The number of ether oxygens (including phenoxy) is 1. The minimum Gasteiger partial charge on any atom is -0.497 e. The summed E-state index contributed by atoms with van der Waals surface area (Å²) in [5, 5.41) is 6.11. The van der Waals surface area contributed by atoms with Gasteiger partial charge in [-0.3, -0.25) is 4.79 Å². The van der Waals surface area contributed by atoms with Gasteiger partial charge in [0.05, 0.1) is 12.7 Å². The molecule has 2 aromatic rings. The number of anilines is 2. The largest absolute Gasteiger partial charge is 0.497 e. The molecule has 0 aliphatic heterocycles. The first kappa shape index (κ1) is 15.3. The Morgan fingerprint density at radius 2 is 1.96 bits per heavy atom. The van der Waals surface area contributed by atoms with Crippen molar-refractivity contribution in [2.75, 3.05) is 17.7 Å². The van der Waals surface area contributed by atoms with E-state index in [2.05, 4.69) is 20.6 Å². The lowest BCUT2D eigenvalue weighted by Gasteiger charge is -2.11. The first-order chi connectivity index (χ1) is 11.2. The maximum absolute atomic E-state index is 12.2. The van der Waals surface area contributed by atoms with Crippen LogP contribution in [0.15, 0.2) is 36.7 Å². The van der Waals surface area contributed by atoms with Gasteiger partial charge >= 0.3 is 0 Å². The van der Waals surface area contributed by atoms with E-state index < -0.39 is 0 Å². The van der Waals surface area contributed by atoms with E-state index in [9.17, 15) is 4.79 Å². The Kier molecular flexibility index (Phi) is 4.71. The zero-order valence-electron chi connectivity index (χ0n) is 13.1. The number of amides is 1. The van der Waals surface area contributed by atoms with Crippen molar-refractivity contribution >= 4 is 17.5 Å². The van der Waals surface area contributed by atoms with Crippen molar-refractivity contribution in [3.05, 3.63) is 42.2 Å². The Bertz CT molecular complexity index is 667.